The van der Waals surface area contributed by atoms with Gasteiger partial charge in [-0.1, -0.05) is 27.2 Å². The van der Waals surface area contributed by atoms with Crippen molar-refractivity contribution in [3.05, 3.63) is 29.1 Å². The van der Waals surface area contributed by atoms with E-state index in [-0.39, 0.29) is 17.7 Å². The molecule has 2 aliphatic heterocycles. The third-order valence-electron chi connectivity index (χ3n) is 4.83. The number of fused-ring (bicyclic) bond motifs is 3. The minimum absolute atomic E-state index is 0.0147. The van der Waals surface area contributed by atoms with Crippen molar-refractivity contribution in [3.8, 4) is 0 Å². The molecule has 116 valence electrons. The smallest absolute Gasteiger partial charge is 0.274 e. The Morgan fingerprint density at radius 3 is 2.64 bits per heavy atom. The number of amides is 2. The van der Waals surface area contributed by atoms with Crippen LogP contribution < -0.4 is 0 Å². The highest BCUT2D eigenvalue weighted by molar-refractivity contribution is 6.29. The van der Waals surface area contributed by atoms with E-state index in [9.17, 15) is 9.59 Å². The van der Waals surface area contributed by atoms with Crippen LogP contribution in [-0.2, 0) is 11.2 Å². The van der Waals surface area contributed by atoms with E-state index in [1.54, 1.807) is 11.8 Å². The Hall–Kier alpha value is -2.04. The maximum Gasteiger partial charge on any atom is 0.274 e. The zero-order valence-electron chi connectivity index (χ0n) is 13.5. The largest absolute Gasteiger partial charge is 0.275 e. The summed E-state index contributed by atoms with van der Waals surface area (Å²) >= 11 is 0. The number of pyridine rings is 1. The molecule has 0 aliphatic carbocycles. The number of aryl methyl sites for hydroxylation is 1. The van der Waals surface area contributed by atoms with Crippen LogP contribution in [0.1, 0.15) is 62.3 Å². The molecule has 5 nitrogen and oxygen atoms in total. The third-order valence-corrected chi connectivity index (χ3v) is 4.83. The zero-order chi connectivity index (χ0) is 16.1. The van der Waals surface area contributed by atoms with Gasteiger partial charge in [-0.15, -0.1) is 0 Å². The molecule has 0 fully saturated rings. The molecule has 2 amide bonds. The molecule has 0 saturated heterocycles. The quantitative estimate of drug-likeness (QED) is 0.858. The second-order valence-electron chi connectivity index (χ2n) is 6.49. The van der Waals surface area contributed by atoms with Crippen LogP contribution in [0.5, 0.6) is 0 Å². The summed E-state index contributed by atoms with van der Waals surface area (Å²) in [5, 5.41) is 0. The van der Waals surface area contributed by atoms with E-state index < -0.39 is 5.54 Å². The molecule has 1 aromatic heterocycles. The number of nitrogens with zero attached hydrogens (tertiary/aromatic N) is 3. The lowest BCUT2D eigenvalue weighted by atomic mass is 9.87. The first-order valence-electron chi connectivity index (χ1n) is 7.89. The molecular formula is C17H21N3O2. The van der Waals surface area contributed by atoms with Crippen LogP contribution in [0.4, 0.5) is 0 Å². The summed E-state index contributed by atoms with van der Waals surface area (Å²) in [6, 6.07) is 3.73. The molecule has 0 aromatic carbocycles. The van der Waals surface area contributed by atoms with Crippen LogP contribution in [0, 0.1) is 5.92 Å². The van der Waals surface area contributed by atoms with E-state index in [4.69, 9.17) is 0 Å². The molecular weight excluding hydrogens is 278 g/mol. The first-order valence-corrected chi connectivity index (χ1v) is 7.89. The number of hydrogen-bond donors (Lipinski definition) is 0. The van der Waals surface area contributed by atoms with Gasteiger partial charge in [-0.25, -0.2) is 4.98 Å². The Labute approximate surface area is 130 Å². The van der Waals surface area contributed by atoms with Crippen molar-refractivity contribution in [3.63, 3.8) is 0 Å². The molecule has 0 bridgehead atoms. The molecule has 2 aliphatic rings. The Kier molecular flexibility index (Phi) is 3.38. The van der Waals surface area contributed by atoms with Crippen molar-refractivity contribution in [1.29, 1.82) is 0 Å². The third kappa shape index (κ3) is 1.84. The molecule has 3 heterocycles. The highest BCUT2D eigenvalue weighted by Crippen LogP contribution is 2.39. The molecule has 0 saturated carbocycles. The predicted molar refractivity (Wildman–Crippen MR) is 83.8 cm³/mol. The van der Waals surface area contributed by atoms with Crippen molar-refractivity contribution in [1.82, 2.24) is 9.88 Å². The zero-order valence-corrected chi connectivity index (χ0v) is 13.5. The van der Waals surface area contributed by atoms with Gasteiger partial charge in [-0.05, 0) is 37.8 Å². The SMILES string of the molecule is CCCCc1ccc2c(n1)C1=NC(=O)C(C)(C(C)C)N1C2=O. The number of aliphatic imine (C=N–C) groups is 1. The summed E-state index contributed by atoms with van der Waals surface area (Å²) in [5.74, 6) is 0.00113. The summed E-state index contributed by atoms with van der Waals surface area (Å²) in [6.07, 6.45) is 3.02. The normalized spacial score (nSPS) is 23.1. The van der Waals surface area contributed by atoms with E-state index in [0.29, 0.717) is 17.1 Å². The van der Waals surface area contributed by atoms with Crippen LogP contribution in [0.3, 0.4) is 0 Å². The lowest BCUT2D eigenvalue weighted by molar-refractivity contribution is -0.126. The van der Waals surface area contributed by atoms with Gasteiger partial charge in [0, 0.05) is 5.69 Å². The number of unbranched alkanes of at least 4 members (excludes halogenated alkanes) is 1. The van der Waals surface area contributed by atoms with Crippen molar-refractivity contribution < 1.29 is 9.59 Å². The summed E-state index contributed by atoms with van der Waals surface area (Å²) < 4.78 is 0. The van der Waals surface area contributed by atoms with Crippen molar-refractivity contribution in [2.24, 2.45) is 10.9 Å². The highest BCUT2D eigenvalue weighted by atomic mass is 16.2. The van der Waals surface area contributed by atoms with Gasteiger partial charge in [0.25, 0.3) is 11.8 Å². The van der Waals surface area contributed by atoms with Crippen LogP contribution >= 0.6 is 0 Å². The fraction of sp³-hybridized carbons (Fsp3) is 0.529. The Balaban J connectivity index is 2.06. The Bertz CT molecular complexity index is 693. The topological polar surface area (TPSA) is 62.6 Å². The number of carbonyl (C=O) groups is 2. The molecule has 22 heavy (non-hydrogen) atoms. The molecule has 0 radical (unpaired) electrons. The Morgan fingerprint density at radius 2 is 2.00 bits per heavy atom. The fourth-order valence-electron chi connectivity index (χ4n) is 3.01. The Morgan fingerprint density at radius 1 is 1.27 bits per heavy atom. The molecule has 0 N–H and O–H groups in total. The number of aromatic nitrogens is 1. The predicted octanol–water partition coefficient (Wildman–Crippen LogP) is 2.58. The van der Waals surface area contributed by atoms with Crippen LogP contribution in [0.2, 0.25) is 0 Å². The summed E-state index contributed by atoms with van der Waals surface area (Å²) in [7, 11) is 0. The lowest BCUT2D eigenvalue weighted by Gasteiger charge is -2.34. The average Bonchev–Trinajstić information content (AvgIpc) is 2.92. The van der Waals surface area contributed by atoms with Gasteiger partial charge in [0.2, 0.25) is 0 Å². The number of amidine groups is 1. The van der Waals surface area contributed by atoms with Crippen molar-refractivity contribution in [2.45, 2.75) is 52.5 Å². The van der Waals surface area contributed by atoms with Gasteiger partial charge >= 0.3 is 0 Å². The molecule has 5 heteroatoms. The summed E-state index contributed by atoms with van der Waals surface area (Å²) in [5.41, 5.74) is 1.16. The van der Waals surface area contributed by atoms with Gasteiger partial charge in [-0.2, -0.15) is 4.99 Å². The minimum Gasteiger partial charge on any atom is -0.275 e. The number of hydrogen-bond acceptors (Lipinski definition) is 3. The molecule has 0 spiro atoms. The lowest BCUT2D eigenvalue weighted by Crippen LogP contribution is -2.53. The summed E-state index contributed by atoms with van der Waals surface area (Å²) in [6.45, 7) is 7.80. The first kappa shape index (κ1) is 14.9. The minimum atomic E-state index is -0.906. The number of carbonyl (C=O) groups excluding carboxylic acids is 2. The van der Waals surface area contributed by atoms with Gasteiger partial charge in [0.05, 0.1) is 5.56 Å². The van der Waals surface area contributed by atoms with Gasteiger partial charge < -0.3 is 0 Å². The highest BCUT2D eigenvalue weighted by Gasteiger charge is 2.56. The molecule has 3 rings (SSSR count). The van der Waals surface area contributed by atoms with E-state index in [2.05, 4.69) is 16.9 Å². The number of rotatable bonds is 4. The summed E-state index contributed by atoms with van der Waals surface area (Å²) in [4.78, 5) is 35.4. The van der Waals surface area contributed by atoms with Gasteiger partial charge in [0.1, 0.15) is 11.2 Å². The molecule has 1 unspecified atom stereocenters. The van der Waals surface area contributed by atoms with E-state index in [0.717, 1.165) is 25.0 Å². The second-order valence-corrected chi connectivity index (χ2v) is 6.49. The van der Waals surface area contributed by atoms with Crippen LogP contribution in [0.25, 0.3) is 0 Å². The van der Waals surface area contributed by atoms with Crippen molar-refractivity contribution in [2.75, 3.05) is 0 Å². The van der Waals surface area contributed by atoms with E-state index in [1.807, 2.05) is 26.0 Å². The van der Waals surface area contributed by atoms with E-state index >= 15 is 0 Å². The molecule has 1 atom stereocenters. The maximum absolute atomic E-state index is 12.7. The van der Waals surface area contributed by atoms with Crippen LogP contribution in [0.15, 0.2) is 17.1 Å². The van der Waals surface area contributed by atoms with Crippen molar-refractivity contribution >= 4 is 17.6 Å². The van der Waals surface area contributed by atoms with E-state index in [1.165, 1.54) is 0 Å². The monoisotopic (exact) mass is 299 g/mol. The van der Waals surface area contributed by atoms with Gasteiger partial charge in [-0.3, -0.25) is 14.5 Å². The average molecular weight is 299 g/mol. The van der Waals surface area contributed by atoms with Gasteiger partial charge in [0.15, 0.2) is 5.84 Å². The standard InChI is InChI=1S/C17H21N3O2/c1-5-6-7-11-8-9-12-13(18-11)14-19-16(22)17(4,10(2)3)20(14)15(12)21/h8-10H,5-7H2,1-4H3. The second kappa shape index (κ2) is 5.00. The maximum atomic E-state index is 12.7. The molecule has 1 aromatic rings. The van der Waals surface area contributed by atoms with Crippen LogP contribution in [-0.4, -0.2) is 33.1 Å². The first-order chi connectivity index (χ1) is 10.4. The fourth-order valence-corrected chi connectivity index (χ4v) is 3.01.